The van der Waals surface area contributed by atoms with Gasteiger partial charge in [0.2, 0.25) is 11.7 Å². The summed E-state index contributed by atoms with van der Waals surface area (Å²) in [6.07, 6.45) is 0. The number of aromatic nitrogens is 3. The van der Waals surface area contributed by atoms with Crippen LogP contribution in [0, 0.1) is 0 Å². The second kappa shape index (κ2) is 6.43. The fourth-order valence-corrected chi connectivity index (χ4v) is 2.83. The van der Waals surface area contributed by atoms with E-state index in [1.807, 2.05) is 0 Å². The minimum Gasteiger partial charge on any atom is -0.493 e. The van der Waals surface area contributed by atoms with Gasteiger partial charge in [0.1, 0.15) is 5.82 Å². The van der Waals surface area contributed by atoms with Crippen LogP contribution >= 0.6 is 0 Å². The molecule has 2 aliphatic heterocycles. The first-order chi connectivity index (χ1) is 12.4. The number of methoxy groups -OCH3 is 3. The van der Waals surface area contributed by atoms with E-state index in [4.69, 9.17) is 25.7 Å². The van der Waals surface area contributed by atoms with Crippen LogP contribution in [0.2, 0.25) is 0 Å². The Hall–Kier alpha value is -3.49. The molecule has 0 saturated heterocycles. The van der Waals surface area contributed by atoms with Crippen LogP contribution in [0.15, 0.2) is 23.0 Å². The smallest absolute Gasteiger partial charge is 0.284 e. The molecule has 2 heterocycles. The highest BCUT2D eigenvalue weighted by Crippen LogP contribution is 2.43. The molecular formula is C17H19N5O4. The van der Waals surface area contributed by atoms with Crippen molar-refractivity contribution in [3.05, 3.63) is 28.6 Å². The van der Waals surface area contributed by atoms with Crippen LogP contribution in [0.5, 0.6) is 17.2 Å². The monoisotopic (exact) mass is 357 g/mol. The first-order valence-corrected chi connectivity index (χ1v) is 7.64. The Morgan fingerprint density at radius 1 is 0.962 bits per heavy atom. The van der Waals surface area contributed by atoms with Crippen molar-refractivity contribution in [2.75, 3.05) is 32.8 Å². The summed E-state index contributed by atoms with van der Waals surface area (Å²) in [4.78, 5) is 20.4. The zero-order chi connectivity index (χ0) is 19.0. The number of anilines is 2. The molecule has 4 N–H and O–H groups in total. The molecule has 0 saturated carbocycles. The molecule has 1 aromatic rings. The van der Waals surface area contributed by atoms with Gasteiger partial charge in [-0.15, -0.1) is 0 Å². The molecule has 0 aliphatic carbocycles. The zero-order valence-corrected chi connectivity index (χ0v) is 14.9. The predicted octanol–water partition coefficient (Wildman–Crippen LogP) is 1.14. The van der Waals surface area contributed by atoms with E-state index in [-0.39, 0.29) is 5.95 Å². The van der Waals surface area contributed by atoms with Crippen molar-refractivity contribution in [3.8, 4) is 39.8 Å². The van der Waals surface area contributed by atoms with Crippen LogP contribution < -0.4 is 31.2 Å². The van der Waals surface area contributed by atoms with Crippen molar-refractivity contribution in [1.29, 1.82) is 0 Å². The molecule has 0 amide bonds. The third-order valence-electron chi connectivity index (χ3n) is 4.12. The maximum absolute atomic E-state index is 12.5. The minimum absolute atomic E-state index is 0.112. The van der Waals surface area contributed by atoms with E-state index in [1.54, 1.807) is 29.8 Å². The minimum atomic E-state index is -0.494. The molecule has 1 aromatic carbocycles. The Labute approximate surface area is 149 Å². The first-order valence-electron chi connectivity index (χ1n) is 7.64. The summed E-state index contributed by atoms with van der Waals surface area (Å²) in [5.74, 6) is 1.97. The molecule has 0 bridgehead atoms. The molecule has 2 aliphatic rings. The fourth-order valence-electron chi connectivity index (χ4n) is 2.83. The highest BCUT2D eigenvalue weighted by atomic mass is 16.5. The number of fused-ring (bicyclic) bond motifs is 1. The topological polar surface area (TPSA) is 128 Å². The molecule has 9 nitrogen and oxygen atoms in total. The lowest BCUT2D eigenvalue weighted by Crippen LogP contribution is -2.20. The van der Waals surface area contributed by atoms with Gasteiger partial charge in [0.15, 0.2) is 17.3 Å². The number of nitrogens with zero attached hydrogens (tertiary/aromatic N) is 3. The van der Waals surface area contributed by atoms with E-state index in [2.05, 4.69) is 9.97 Å². The SMILES string of the molecule is COc1cc(-c2cc(N)n(C)c3nc(N)nc(=O)c2-3)cc(OC)c1OC. The van der Waals surface area contributed by atoms with E-state index in [0.717, 1.165) is 0 Å². The van der Waals surface area contributed by atoms with Crippen LogP contribution in [0.3, 0.4) is 0 Å². The molecule has 3 rings (SSSR count). The number of nitrogens with two attached hydrogens (primary N) is 2. The van der Waals surface area contributed by atoms with Crippen molar-refractivity contribution in [3.63, 3.8) is 0 Å². The van der Waals surface area contributed by atoms with Crippen molar-refractivity contribution < 1.29 is 14.2 Å². The van der Waals surface area contributed by atoms with Gasteiger partial charge in [0.05, 0.1) is 26.9 Å². The Balaban J connectivity index is 2.40. The van der Waals surface area contributed by atoms with Gasteiger partial charge in [0.25, 0.3) is 5.56 Å². The normalized spacial score (nSPS) is 10.8. The van der Waals surface area contributed by atoms with Crippen molar-refractivity contribution in [1.82, 2.24) is 14.5 Å². The number of pyridine rings is 1. The van der Waals surface area contributed by atoms with Gasteiger partial charge >= 0.3 is 0 Å². The molecule has 0 atom stereocenters. The maximum Gasteiger partial charge on any atom is 0.284 e. The van der Waals surface area contributed by atoms with E-state index >= 15 is 0 Å². The standard InChI is InChI=1S/C17H19N5O4/c1-22-12(18)7-9(13-15(22)20-17(19)21-16(13)23)8-5-10(24-2)14(26-4)11(6-8)25-3/h5-7H,18H2,1-4H3,(H2,19,21,23). The number of rotatable bonds is 4. The number of hydrogen-bond acceptors (Lipinski definition) is 8. The van der Waals surface area contributed by atoms with Gasteiger partial charge in [-0.25, -0.2) is 0 Å². The summed E-state index contributed by atoms with van der Waals surface area (Å²) < 4.78 is 17.7. The second-order valence-electron chi connectivity index (χ2n) is 5.54. The molecule has 0 fully saturated rings. The number of hydrogen-bond donors (Lipinski definition) is 2. The van der Waals surface area contributed by atoms with Gasteiger partial charge in [-0.3, -0.25) is 4.79 Å². The largest absolute Gasteiger partial charge is 0.493 e. The Morgan fingerprint density at radius 2 is 1.58 bits per heavy atom. The molecule has 0 spiro atoms. The molecule has 0 aromatic heterocycles. The van der Waals surface area contributed by atoms with Gasteiger partial charge < -0.3 is 30.2 Å². The van der Waals surface area contributed by atoms with Crippen LogP contribution in [0.25, 0.3) is 22.5 Å². The summed E-state index contributed by atoms with van der Waals surface area (Å²) >= 11 is 0. The fraction of sp³-hybridized carbons (Fsp3) is 0.235. The lowest BCUT2D eigenvalue weighted by atomic mass is 9.98. The average Bonchev–Trinajstić information content (AvgIpc) is 2.63. The van der Waals surface area contributed by atoms with Crippen molar-refractivity contribution >= 4 is 11.8 Å². The molecule has 0 unspecified atom stereocenters. The summed E-state index contributed by atoms with van der Waals surface area (Å²) in [7, 11) is 6.24. The molecule has 136 valence electrons. The average molecular weight is 357 g/mol. The molecular weight excluding hydrogens is 338 g/mol. The van der Waals surface area contributed by atoms with E-state index < -0.39 is 5.56 Å². The van der Waals surface area contributed by atoms with Crippen LogP contribution in [-0.4, -0.2) is 35.9 Å². The van der Waals surface area contributed by atoms with E-state index in [9.17, 15) is 4.79 Å². The lowest BCUT2D eigenvalue weighted by Gasteiger charge is -2.19. The van der Waals surface area contributed by atoms with E-state index in [0.29, 0.717) is 45.6 Å². The molecule has 9 heteroatoms. The van der Waals surface area contributed by atoms with Crippen LogP contribution in [0.4, 0.5) is 11.8 Å². The number of nitrogen functional groups attached to an aromatic ring is 2. The quantitative estimate of drug-likeness (QED) is 0.711. The van der Waals surface area contributed by atoms with Gasteiger partial charge in [-0.05, 0) is 23.8 Å². The van der Waals surface area contributed by atoms with Crippen molar-refractivity contribution in [2.24, 2.45) is 7.05 Å². The molecule has 26 heavy (non-hydrogen) atoms. The second-order valence-corrected chi connectivity index (χ2v) is 5.54. The number of ether oxygens (including phenoxy) is 3. The zero-order valence-electron chi connectivity index (χ0n) is 14.9. The number of benzene rings is 1. The van der Waals surface area contributed by atoms with Crippen LogP contribution in [0.1, 0.15) is 0 Å². The first kappa shape index (κ1) is 17.3. The van der Waals surface area contributed by atoms with E-state index in [1.165, 1.54) is 21.3 Å². The Kier molecular flexibility index (Phi) is 4.29. The lowest BCUT2D eigenvalue weighted by molar-refractivity contribution is 0.324. The highest BCUT2D eigenvalue weighted by molar-refractivity contribution is 5.85. The summed E-state index contributed by atoms with van der Waals surface area (Å²) in [6.45, 7) is 0. The maximum atomic E-state index is 12.5. The summed E-state index contributed by atoms with van der Waals surface area (Å²) in [6, 6.07) is 5.13. The van der Waals surface area contributed by atoms with Crippen molar-refractivity contribution in [2.45, 2.75) is 0 Å². The highest BCUT2D eigenvalue weighted by Gasteiger charge is 2.23. The summed E-state index contributed by atoms with van der Waals surface area (Å²) in [5.41, 5.74) is 12.7. The molecule has 0 radical (unpaired) electrons. The van der Waals surface area contributed by atoms with Gasteiger partial charge in [-0.2, -0.15) is 9.97 Å². The third-order valence-corrected chi connectivity index (χ3v) is 4.12. The summed E-state index contributed by atoms with van der Waals surface area (Å²) in [5, 5.41) is 0. The predicted molar refractivity (Wildman–Crippen MR) is 97.8 cm³/mol. The van der Waals surface area contributed by atoms with Gasteiger partial charge in [-0.1, -0.05) is 0 Å². The van der Waals surface area contributed by atoms with Crippen LogP contribution in [-0.2, 0) is 7.05 Å². The Morgan fingerprint density at radius 3 is 2.12 bits per heavy atom. The third kappa shape index (κ3) is 2.63. The van der Waals surface area contributed by atoms with Gasteiger partial charge in [0, 0.05) is 12.6 Å². The Bertz CT molecular complexity index is 990.